The Kier molecular flexibility index (Phi) is 2.97. The summed E-state index contributed by atoms with van der Waals surface area (Å²) in [6.45, 7) is 2.26. The van der Waals surface area contributed by atoms with Crippen LogP contribution in [0.1, 0.15) is 24.5 Å². The number of hydrogen-bond donors (Lipinski definition) is 0. The van der Waals surface area contributed by atoms with Crippen LogP contribution in [0.4, 0.5) is 11.4 Å². The lowest BCUT2D eigenvalue weighted by Crippen LogP contribution is -2.33. The van der Waals surface area contributed by atoms with Crippen molar-refractivity contribution in [3.05, 3.63) is 59.7 Å². The lowest BCUT2D eigenvalue weighted by Gasteiger charge is -2.37. The molecular weight excluding hydrogens is 232 g/mol. The summed E-state index contributed by atoms with van der Waals surface area (Å²) in [6.07, 6.45) is 2.31. The maximum absolute atomic E-state index is 8.88. The van der Waals surface area contributed by atoms with Gasteiger partial charge < -0.3 is 4.90 Å². The van der Waals surface area contributed by atoms with Crippen LogP contribution in [-0.2, 0) is 6.42 Å². The zero-order valence-electron chi connectivity index (χ0n) is 11.0. The van der Waals surface area contributed by atoms with Gasteiger partial charge in [0.25, 0.3) is 0 Å². The number of nitrogens with zero attached hydrogens (tertiary/aromatic N) is 2. The molecule has 0 bridgehead atoms. The standard InChI is InChI=1S/C17H16N2/c1-13-6-9-15-4-2-3-5-17(15)19(13)16-10-7-14(12-18)8-11-16/h2-5,7-8,10-11,13H,6,9H2,1H3. The van der Waals surface area contributed by atoms with Crippen molar-refractivity contribution in [1.29, 1.82) is 5.26 Å². The van der Waals surface area contributed by atoms with Gasteiger partial charge in [-0.05, 0) is 55.7 Å². The van der Waals surface area contributed by atoms with Gasteiger partial charge in [0.05, 0.1) is 11.6 Å². The molecule has 1 aliphatic heterocycles. The highest BCUT2D eigenvalue weighted by Crippen LogP contribution is 2.36. The number of aryl methyl sites for hydroxylation is 1. The van der Waals surface area contributed by atoms with Gasteiger partial charge in [0.1, 0.15) is 0 Å². The summed E-state index contributed by atoms with van der Waals surface area (Å²) < 4.78 is 0. The maximum Gasteiger partial charge on any atom is 0.0991 e. The Morgan fingerprint density at radius 3 is 2.58 bits per heavy atom. The summed E-state index contributed by atoms with van der Waals surface area (Å²) in [5, 5.41) is 8.88. The van der Waals surface area contributed by atoms with E-state index in [9.17, 15) is 0 Å². The van der Waals surface area contributed by atoms with Crippen molar-refractivity contribution in [1.82, 2.24) is 0 Å². The molecule has 0 saturated carbocycles. The molecule has 2 nitrogen and oxygen atoms in total. The summed E-state index contributed by atoms with van der Waals surface area (Å²) in [5.41, 5.74) is 4.58. The highest BCUT2D eigenvalue weighted by Gasteiger charge is 2.23. The van der Waals surface area contributed by atoms with Gasteiger partial charge in [-0.3, -0.25) is 0 Å². The molecule has 0 radical (unpaired) electrons. The SMILES string of the molecule is CC1CCc2ccccc2N1c1ccc(C#N)cc1. The van der Waals surface area contributed by atoms with Gasteiger partial charge in [0.2, 0.25) is 0 Å². The molecule has 19 heavy (non-hydrogen) atoms. The average molecular weight is 248 g/mol. The van der Waals surface area contributed by atoms with Crippen molar-refractivity contribution < 1.29 is 0 Å². The second-order valence-corrected chi connectivity index (χ2v) is 5.05. The van der Waals surface area contributed by atoms with E-state index in [1.807, 2.05) is 24.3 Å². The number of para-hydroxylation sites is 1. The van der Waals surface area contributed by atoms with E-state index in [0.29, 0.717) is 11.6 Å². The molecule has 0 spiro atoms. The van der Waals surface area contributed by atoms with Crippen LogP contribution in [-0.4, -0.2) is 6.04 Å². The Labute approximate surface area is 113 Å². The van der Waals surface area contributed by atoms with Crippen LogP contribution in [0, 0.1) is 11.3 Å². The van der Waals surface area contributed by atoms with Crippen LogP contribution < -0.4 is 4.90 Å². The first-order chi connectivity index (χ1) is 9.29. The van der Waals surface area contributed by atoms with Gasteiger partial charge in [-0.1, -0.05) is 18.2 Å². The summed E-state index contributed by atoms with van der Waals surface area (Å²) in [6, 6.07) is 19.1. The minimum atomic E-state index is 0.489. The molecule has 1 heterocycles. The summed E-state index contributed by atoms with van der Waals surface area (Å²) in [7, 11) is 0. The molecule has 1 atom stereocenters. The van der Waals surface area contributed by atoms with Crippen LogP contribution >= 0.6 is 0 Å². The van der Waals surface area contributed by atoms with Crippen LogP contribution in [0.5, 0.6) is 0 Å². The summed E-state index contributed by atoms with van der Waals surface area (Å²) in [5.74, 6) is 0. The number of rotatable bonds is 1. The lowest BCUT2D eigenvalue weighted by molar-refractivity contribution is 0.618. The van der Waals surface area contributed by atoms with E-state index in [0.717, 1.165) is 12.8 Å². The van der Waals surface area contributed by atoms with Gasteiger partial charge in [0, 0.05) is 17.4 Å². The highest BCUT2D eigenvalue weighted by atomic mass is 15.2. The summed E-state index contributed by atoms with van der Waals surface area (Å²) >= 11 is 0. The number of fused-ring (bicyclic) bond motifs is 1. The monoisotopic (exact) mass is 248 g/mol. The molecule has 0 aromatic heterocycles. The quantitative estimate of drug-likeness (QED) is 0.761. The van der Waals surface area contributed by atoms with E-state index < -0.39 is 0 Å². The van der Waals surface area contributed by atoms with Crippen LogP contribution in [0.25, 0.3) is 0 Å². The van der Waals surface area contributed by atoms with E-state index in [4.69, 9.17) is 5.26 Å². The van der Waals surface area contributed by atoms with Crippen LogP contribution in [0.3, 0.4) is 0 Å². The average Bonchev–Trinajstić information content (AvgIpc) is 2.47. The Bertz CT molecular complexity index is 622. The molecule has 2 aromatic rings. The van der Waals surface area contributed by atoms with E-state index in [2.05, 4.69) is 42.2 Å². The van der Waals surface area contributed by atoms with E-state index in [1.165, 1.54) is 16.9 Å². The third-order valence-electron chi connectivity index (χ3n) is 3.80. The second kappa shape index (κ2) is 4.78. The van der Waals surface area contributed by atoms with Gasteiger partial charge in [-0.25, -0.2) is 0 Å². The minimum absolute atomic E-state index is 0.489. The number of anilines is 2. The molecule has 0 aliphatic carbocycles. The molecule has 2 aromatic carbocycles. The van der Waals surface area contributed by atoms with E-state index in [-0.39, 0.29) is 0 Å². The van der Waals surface area contributed by atoms with Crippen molar-refractivity contribution in [3.8, 4) is 6.07 Å². The maximum atomic E-state index is 8.88. The Hall–Kier alpha value is -2.27. The van der Waals surface area contributed by atoms with Crippen molar-refractivity contribution in [3.63, 3.8) is 0 Å². The molecule has 3 rings (SSSR count). The fourth-order valence-electron chi connectivity index (χ4n) is 2.78. The Morgan fingerprint density at radius 2 is 1.84 bits per heavy atom. The van der Waals surface area contributed by atoms with Gasteiger partial charge in [0.15, 0.2) is 0 Å². The zero-order chi connectivity index (χ0) is 13.2. The first-order valence-corrected chi connectivity index (χ1v) is 6.67. The third-order valence-corrected chi connectivity index (χ3v) is 3.80. The molecule has 2 heteroatoms. The smallest absolute Gasteiger partial charge is 0.0991 e. The molecule has 0 N–H and O–H groups in total. The third kappa shape index (κ3) is 2.08. The predicted octanol–water partition coefficient (Wildman–Crippen LogP) is 4.03. The minimum Gasteiger partial charge on any atom is -0.338 e. The lowest BCUT2D eigenvalue weighted by atomic mass is 9.96. The van der Waals surface area contributed by atoms with Crippen LogP contribution in [0.15, 0.2) is 48.5 Å². The second-order valence-electron chi connectivity index (χ2n) is 5.05. The molecule has 0 saturated heterocycles. The Morgan fingerprint density at radius 1 is 1.11 bits per heavy atom. The van der Waals surface area contributed by atoms with Gasteiger partial charge in [-0.15, -0.1) is 0 Å². The molecule has 0 fully saturated rings. The van der Waals surface area contributed by atoms with Crippen molar-refractivity contribution in [2.45, 2.75) is 25.8 Å². The molecule has 0 amide bonds. The van der Waals surface area contributed by atoms with Crippen molar-refractivity contribution in [2.24, 2.45) is 0 Å². The number of hydrogen-bond acceptors (Lipinski definition) is 2. The zero-order valence-corrected chi connectivity index (χ0v) is 11.0. The van der Waals surface area contributed by atoms with Crippen molar-refractivity contribution in [2.75, 3.05) is 4.90 Å². The number of nitriles is 1. The fraction of sp³-hybridized carbons (Fsp3) is 0.235. The molecule has 94 valence electrons. The van der Waals surface area contributed by atoms with E-state index in [1.54, 1.807) is 0 Å². The molecular formula is C17H16N2. The van der Waals surface area contributed by atoms with E-state index >= 15 is 0 Å². The topological polar surface area (TPSA) is 27.0 Å². The normalized spacial score (nSPS) is 17.7. The Balaban J connectivity index is 2.05. The number of benzene rings is 2. The molecule has 1 unspecified atom stereocenters. The predicted molar refractivity (Wildman–Crippen MR) is 77.5 cm³/mol. The van der Waals surface area contributed by atoms with Crippen LogP contribution in [0.2, 0.25) is 0 Å². The molecule has 1 aliphatic rings. The first kappa shape index (κ1) is 11.8. The van der Waals surface area contributed by atoms with Gasteiger partial charge >= 0.3 is 0 Å². The highest BCUT2D eigenvalue weighted by molar-refractivity contribution is 5.69. The van der Waals surface area contributed by atoms with Crippen molar-refractivity contribution >= 4 is 11.4 Å². The first-order valence-electron chi connectivity index (χ1n) is 6.67. The fourth-order valence-corrected chi connectivity index (χ4v) is 2.78. The van der Waals surface area contributed by atoms with Gasteiger partial charge in [-0.2, -0.15) is 5.26 Å². The largest absolute Gasteiger partial charge is 0.338 e. The summed E-state index contributed by atoms with van der Waals surface area (Å²) in [4.78, 5) is 2.37.